The predicted molar refractivity (Wildman–Crippen MR) is 60.4 cm³/mol. The summed E-state index contributed by atoms with van der Waals surface area (Å²) in [5.41, 5.74) is 0.204. The van der Waals surface area contributed by atoms with Crippen LogP contribution in [0.25, 0.3) is 0 Å². The van der Waals surface area contributed by atoms with Crippen molar-refractivity contribution in [2.75, 3.05) is 13.2 Å². The van der Waals surface area contributed by atoms with Gasteiger partial charge in [0.2, 0.25) is 6.41 Å². The zero-order chi connectivity index (χ0) is 14.4. The molecule has 0 saturated carbocycles. The Kier molecular flexibility index (Phi) is 5.31. The number of hydrogen-bond acceptors (Lipinski definition) is 7. The Labute approximate surface area is 109 Å². The van der Waals surface area contributed by atoms with E-state index in [0.29, 0.717) is 6.41 Å². The van der Waals surface area contributed by atoms with Crippen LogP contribution < -0.4 is 0 Å². The van der Waals surface area contributed by atoms with E-state index in [0.717, 1.165) is 5.06 Å². The molecule has 1 rings (SSSR count). The average Bonchev–Trinajstić information content (AvgIpc) is 2.75. The summed E-state index contributed by atoms with van der Waals surface area (Å²) >= 11 is 0. The molecule has 1 saturated heterocycles. The van der Waals surface area contributed by atoms with Gasteiger partial charge in [0.25, 0.3) is 0 Å². The van der Waals surface area contributed by atoms with Crippen LogP contribution in [0, 0.1) is 0 Å². The Bertz CT molecular complexity index is 381. The lowest BCUT2D eigenvalue weighted by Crippen LogP contribution is -2.38. The highest BCUT2D eigenvalue weighted by atomic mass is 16.8. The van der Waals surface area contributed by atoms with Crippen LogP contribution in [0.3, 0.4) is 0 Å². The summed E-state index contributed by atoms with van der Waals surface area (Å²) < 4.78 is 14.1. The van der Waals surface area contributed by atoms with E-state index in [-0.39, 0.29) is 18.8 Å². The van der Waals surface area contributed by atoms with Crippen molar-refractivity contribution in [3.05, 3.63) is 12.2 Å². The van der Waals surface area contributed by atoms with Gasteiger partial charge < -0.3 is 14.2 Å². The van der Waals surface area contributed by atoms with Crippen molar-refractivity contribution in [2.24, 2.45) is 0 Å². The molecule has 0 spiro atoms. The molecule has 0 aromatic rings. The zero-order valence-electron chi connectivity index (χ0n) is 10.7. The number of carbonyl (C=O) groups excluding carboxylic acids is 3. The first-order valence-electron chi connectivity index (χ1n) is 5.50. The Hall–Kier alpha value is -2.09. The molecule has 2 atom stereocenters. The van der Waals surface area contributed by atoms with Crippen LogP contribution >= 0.6 is 0 Å². The number of nitrogens with zero attached hydrogens (tertiary/aromatic N) is 1. The Morgan fingerprint density at radius 2 is 2.37 bits per heavy atom. The van der Waals surface area contributed by atoms with Gasteiger partial charge >= 0.3 is 12.1 Å². The first-order chi connectivity index (χ1) is 8.93. The van der Waals surface area contributed by atoms with Gasteiger partial charge in [0.1, 0.15) is 13.2 Å². The molecule has 0 N–H and O–H groups in total. The van der Waals surface area contributed by atoms with Gasteiger partial charge in [-0.05, 0) is 13.8 Å². The topological polar surface area (TPSA) is 91.4 Å². The number of esters is 1. The maximum absolute atomic E-state index is 11.3. The standard InChI is InChI=1S/C11H15NO7/c1-7(2)10(14)18-8(3)12(6-13)17-5-9-4-16-11(15)19-9/h6,8-9H,1,4-5H2,2-3H3. The van der Waals surface area contributed by atoms with Gasteiger partial charge in [-0.1, -0.05) is 6.58 Å². The molecule has 0 bridgehead atoms. The van der Waals surface area contributed by atoms with E-state index in [9.17, 15) is 14.4 Å². The van der Waals surface area contributed by atoms with Gasteiger partial charge in [-0.3, -0.25) is 9.63 Å². The van der Waals surface area contributed by atoms with Crippen LogP contribution in [0.15, 0.2) is 12.2 Å². The summed E-state index contributed by atoms with van der Waals surface area (Å²) in [4.78, 5) is 37.8. The monoisotopic (exact) mass is 273 g/mol. The Morgan fingerprint density at radius 3 is 2.84 bits per heavy atom. The third kappa shape index (κ3) is 4.59. The lowest BCUT2D eigenvalue weighted by atomic mass is 10.4. The molecular weight excluding hydrogens is 258 g/mol. The highest BCUT2D eigenvalue weighted by molar-refractivity contribution is 5.87. The number of amides is 1. The highest BCUT2D eigenvalue weighted by Gasteiger charge is 2.27. The number of hydrogen-bond donors (Lipinski definition) is 0. The van der Waals surface area contributed by atoms with Crippen molar-refractivity contribution in [1.29, 1.82) is 0 Å². The van der Waals surface area contributed by atoms with Crippen LogP contribution in [0.2, 0.25) is 0 Å². The van der Waals surface area contributed by atoms with E-state index in [1.807, 2.05) is 0 Å². The number of carbonyl (C=O) groups is 3. The molecular formula is C11H15NO7. The molecule has 1 aliphatic rings. The summed E-state index contributed by atoms with van der Waals surface area (Å²) in [5.74, 6) is -0.640. The van der Waals surface area contributed by atoms with E-state index in [2.05, 4.69) is 11.3 Å². The molecule has 2 unspecified atom stereocenters. The van der Waals surface area contributed by atoms with Crippen LogP contribution in [0.5, 0.6) is 0 Å². The lowest BCUT2D eigenvalue weighted by molar-refractivity contribution is -0.233. The fraction of sp³-hybridized carbons (Fsp3) is 0.545. The number of cyclic esters (lactones) is 2. The summed E-state index contributed by atoms with van der Waals surface area (Å²) in [7, 11) is 0. The second kappa shape index (κ2) is 6.74. The summed E-state index contributed by atoms with van der Waals surface area (Å²) in [6.07, 6.45) is -1.96. The molecule has 19 heavy (non-hydrogen) atoms. The molecule has 8 nitrogen and oxygen atoms in total. The minimum Gasteiger partial charge on any atom is -0.436 e. The maximum Gasteiger partial charge on any atom is 0.508 e. The van der Waals surface area contributed by atoms with Crippen molar-refractivity contribution in [1.82, 2.24) is 5.06 Å². The first-order valence-corrected chi connectivity index (χ1v) is 5.50. The van der Waals surface area contributed by atoms with Crippen LogP contribution in [-0.2, 0) is 28.6 Å². The zero-order valence-corrected chi connectivity index (χ0v) is 10.7. The molecule has 8 heteroatoms. The fourth-order valence-electron chi connectivity index (χ4n) is 1.14. The van der Waals surface area contributed by atoms with Crippen molar-refractivity contribution < 1.29 is 33.4 Å². The summed E-state index contributed by atoms with van der Waals surface area (Å²) in [6.45, 7) is 6.31. The van der Waals surface area contributed by atoms with E-state index >= 15 is 0 Å². The van der Waals surface area contributed by atoms with Gasteiger partial charge in [-0.15, -0.1) is 0 Å². The van der Waals surface area contributed by atoms with Gasteiger partial charge in [0, 0.05) is 5.57 Å². The van der Waals surface area contributed by atoms with Crippen LogP contribution in [0.4, 0.5) is 4.79 Å². The summed E-state index contributed by atoms with van der Waals surface area (Å²) in [5, 5.41) is 0.799. The van der Waals surface area contributed by atoms with E-state index in [1.54, 1.807) is 0 Å². The molecule has 0 aliphatic carbocycles. The molecule has 106 valence electrons. The molecule has 1 heterocycles. The quantitative estimate of drug-likeness (QED) is 0.218. The largest absolute Gasteiger partial charge is 0.508 e. The predicted octanol–water partition coefficient (Wildman–Crippen LogP) is 0.377. The third-order valence-electron chi connectivity index (χ3n) is 2.15. The minimum atomic E-state index is -0.931. The van der Waals surface area contributed by atoms with E-state index in [4.69, 9.17) is 14.3 Å². The van der Waals surface area contributed by atoms with Gasteiger partial charge in [-0.2, -0.15) is 5.06 Å². The van der Waals surface area contributed by atoms with Gasteiger partial charge in [-0.25, -0.2) is 9.59 Å². The van der Waals surface area contributed by atoms with Gasteiger partial charge in [0.05, 0.1) is 0 Å². The Balaban J connectivity index is 2.39. The van der Waals surface area contributed by atoms with Crippen molar-refractivity contribution in [2.45, 2.75) is 26.2 Å². The Morgan fingerprint density at radius 1 is 1.68 bits per heavy atom. The molecule has 0 radical (unpaired) electrons. The first kappa shape index (κ1) is 15.0. The average molecular weight is 273 g/mol. The van der Waals surface area contributed by atoms with Crippen LogP contribution in [-0.4, -0.2) is 49.1 Å². The second-order valence-corrected chi connectivity index (χ2v) is 3.85. The van der Waals surface area contributed by atoms with Crippen molar-refractivity contribution in [3.63, 3.8) is 0 Å². The number of hydroxylamine groups is 2. The lowest BCUT2D eigenvalue weighted by Gasteiger charge is -2.24. The van der Waals surface area contributed by atoms with E-state index < -0.39 is 24.5 Å². The smallest absolute Gasteiger partial charge is 0.436 e. The van der Waals surface area contributed by atoms with Crippen molar-refractivity contribution in [3.8, 4) is 0 Å². The summed E-state index contributed by atoms with van der Waals surface area (Å²) in [6, 6.07) is 0. The van der Waals surface area contributed by atoms with Crippen molar-refractivity contribution >= 4 is 18.5 Å². The molecule has 1 amide bonds. The minimum absolute atomic E-state index is 0.0471. The second-order valence-electron chi connectivity index (χ2n) is 3.85. The highest BCUT2D eigenvalue weighted by Crippen LogP contribution is 2.09. The number of rotatable bonds is 7. The molecule has 0 aromatic heterocycles. The normalized spacial score (nSPS) is 19.1. The number of ether oxygens (including phenoxy) is 3. The van der Waals surface area contributed by atoms with E-state index in [1.165, 1.54) is 13.8 Å². The van der Waals surface area contributed by atoms with Gasteiger partial charge in [0.15, 0.2) is 12.3 Å². The molecule has 1 fully saturated rings. The van der Waals surface area contributed by atoms with Crippen LogP contribution in [0.1, 0.15) is 13.8 Å². The SMILES string of the molecule is C=C(C)C(=O)OC(C)N(C=O)OCC1COC(=O)O1. The fourth-order valence-corrected chi connectivity index (χ4v) is 1.14. The third-order valence-corrected chi connectivity index (χ3v) is 2.15. The maximum atomic E-state index is 11.3. The molecule has 0 aromatic carbocycles. The molecule has 1 aliphatic heterocycles.